The van der Waals surface area contributed by atoms with Gasteiger partial charge in [0.15, 0.2) is 6.29 Å². The second-order valence-corrected chi connectivity index (χ2v) is 15.5. The number of morpholine rings is 1. The molecule has 3 aromatic rings. The third-order valence-corrected chi connectivity index (χ3v) is 11.1. The van der Waals surface area contributed by atoms with Crippen molar-refractivity contribution < 1.29 is 19.4 Å². The molecule has 0 bridgehead atoms. The van der Waals surface area contributed by atoms with Crippen molar-refractivity contribution in [2.24, 2.45) is 22.4 Å². The van der Waals surface area contributed by atoms with Gasteiger partial charge >= 0.3 is 0 Å². The number of carbonyl (C=O) groups is 2. The Morgan fingerprint density at radius 3 is 2.34 bits per heavy atom. The van der Waals surface area contributed by atoms with Crippen LogP contribution in [0.4, 0.5) is 11.4 Å². The molecule has 3 aliphatic heterocycles. The van der Waals surface area contributed by atoms with Crippen LogP contribution in [0.5, 0.6) is 0 Å². The molecule has 1 aromatic carbocycles. The molecule has 2 atom stereocenters. The van der Waals surface area contributed by atoms with Crippen molar-refractivity contribution in [2.45, 2.75) is 76.7 Å². The monoisotopic (exact) mass is 798 g/mol. The summed E-state index contributed by atoms with van der Waals surface area (Å²) in [6.07, 6.45) is 12.2. The first-order valence-corrected chi connectivity index (χ1v) is 20.3. The van der Waals surface area contributed by atoms with Gasteiger partial charge in [-0.25, -0.2) is 4.98 Å². The van der Waals surface area contributed by atoms with Crippen LogP contribution < -0.4 is 27.0 Å². The van der Waals surface area contributed by atoms with Crippen LogP contribution in [0.25, 0.3) is 11.1 Å². The van der Waals surface area contributed by atoms with E-state index in [1.807, 2.05) is 37.5 Å². The maximum atomic E-state index is 11.1. The fraction of sp³-hybridized carbons (Fsp3) is 0.512. The third kappa shape index (κ3) is 11.5. The van der Waals surface area contributed by atoms with Crippen molar-refractivity contribution in [1.82, 2.24) is 29.9 Å². The van der Waals surface area contributed by atoms with Crippen LogP contribution in [-0.4, -0.2) is 121 Å². The first-order valence-electron chi connectivity index (χ1n) is 20.3. The molecule has 2 saturated heterocycles. The number of nitrogens with one attached hydrogen (secondary N) is 2. The zero-order chi connectivity index (χ0) is 41.8. The number of benzene rings is 1. The minimum absolute atomic E-state index is 0.105. The minimum atomic E-state index is 0.105. The summed E-state index contributed by atoms with van der Waals surface area (Å²) in [5.41, 5.74) is 19.2. The van der Waals surface area contributed by atoms with Gasteiger partial charge in [0.05, 0.1) is 65.7 Å². The number of hydrogen-bond acceptors (Lipinski definition) is 13. The summed E-state index contributed by atoms with van der Waals surface area (Å²) in [5.74, 6) is 0.734. The molecule has 5 aliphatic rings. The standard InChI is InChI=1S/C29H35N9O2.C6H13NO.C4H9N.C4H6O/c1-4-26-29-22(12-33-38(29)20-14-37(15-20)13-18-7-5-8-19(16-39)34-18)21-9-6-10-24(28(21)36(26)3)35-25(23(30)17-40)11-27(31)32-2;1-6-5-8-4-3-7(6)2;1-5-4-2-3-4;5-3-4-1-2-4/h5-12,16-17,20,26,35,40H,4,13-15,30H2,1-3H3,(H2,31,32);6H,3-5H2,1-2H3;4-5H,2-3H2,1H3;3-4H,1-2H2/b23-17+,25-11+;;;. The Labute approximate surface area is 343 Å². The largest absolute Gasteiger partial charge is 0.513 e. The van der Waals surface area contributed by atoms with E-state index >= 15 is 0 Å². The predicted molar refractivity (Wildman–Crippen MR) is 231 cm³/mol. The van der Waals surface area contributed by atoms with Gasteiger partial charge in [0.2, 0.25) is 0 Å². The number of likely N-dealkylation sites (tertiary alicyclic amines) is 1. The summed E-state index contributed by atoms with van der Waals surface area (Å²) < 4.78 is 7.40. The van der Waals surface area contributed by atoms with Gasteiger partial charge < -0.3 is 41.6 Å². The maximum Gasteiger partial charge on any atom is 0.168 e. The molecule has 2 saturated carbocycles. The van der Waals surface area contributed by atoms with Gasteiger partial charge in [0, 0.05) is 75.5 Å². The first kappa shape index (κ1) is 44.0. The van der Waals surface area contributed by atoms with Crippen LogP contribution >= 0.6 is 0 Å². The van der Waals surface area contributed by atoms with E-state index in [1.165, 1.54) is 18.5 Å². The fourth-order valence-corrected chi connectivity index (χ4v) is 6.99. The zero-order valence-electron chi connectivity index (χ0n) is 35.0. The number of pyridine rings is 1. The molecule has 2 aromatic heterocycles. The number of aliphatic hydroxyl groups excluding tert-OH is 1. The van der Waals surface area contributed by atoms with Gasteiger partial charge in [0.25, 0.3) is 0 Å². The second kappa shape index (κ2) is 21.1. The van der Waals surface area contributed by atoms with Crippen molar-refractivity contribution in [3.8, 4) is 11.1 Å². The number of carbonyl (C=O) groups excluding carboxylic acids is 2. The molecule has 15 heteroatoms. The van der Waals surface area contributed by atoms with E-state index in [4.69, 9.17) is 21.3 Å². The molecule has 0 spiro atoms. The van der Waals surface area contributed by atoms with E-state index in [9.17, 15) is 14.7 Å². The van der Waals surface area contributed by atoms with Crippen LogP contribution in [-0.2, 0) is 16.1 Å². The molecule has 2 unspecified atom stereocenters. The van der Waals surface area contributed by atoms with Crippen LogP contribution in [0.15, 0.2) is 71.3 Å². The Morgan fingerprint density at radius 1 is 1.07 bits per heavy atom. The number of aliphatic hydroxyl groups is 1. The second-order valence-electron chi connectivity index (χ2n) is 15.5. The Morgan fingerprint density at radius 2 is 1.81 bits per heavy atom. The summed E-state index contributed by atoms with van der Waals surface area (Å²) in [7, 11) is 7.83. The first-order chi connectivity index (χ1) is 28.0. The topological polar surface area (TPSA) is 192 Å². The number of aldehydes is 2. The molecule has 4 fully saturated rings. The van der Waals surface area contributed by atoms with E-state index in [0.29, 0.717) is 29.9 Å². The summed E-state index contributed by atoms with van der Waals surface area (Å²) >= 11 is 0. The van der Waals surface area contributed by atoms with Crippen LogP contribution in [0.1, 0.15) is 79.9 Å². The molecule has 2 aliphatic carbocycles. The van der Waals surface area contributed by atoms with E-state index in [-0.39, 0.29) is 23.6 Å². The van der Waals surface area contributed by atoms with Crippen molar-refractivity contribution in [3.63, 3.8) is 0 Å². The van der Waals surface area contributed by atoms with Crippen molar-refractivity contribution in [2.75, 3.05) is 71.3 Å². The van der Waals surface area contributed by atoms with E-state index in [2.05, 4.69) is 74.0 Å². The smallest absolute Gasteiger partial charge is 0.168 e. The summed E-state index contributed by atoms with van der Waals surface area (Å²) in [6, 6.07) is 13.5. The number of aromatic nitrogens is 3. The quantitative estimate of drug-likeness (QED) is 0.0593. The van der Waals surface area contributed by atoms with Crippen molar-refractivity contribution >= 4 is 29.8 Å². The van der Waals surface area contributed by atoms with Crippen LogP contribution in [0, 0.1) is 5.92 Å². The van der Waals surface area contributed by atoms with Crippen molar-refractivity contribution in [3.05, 3.63) is 83.4 Å². The normalized spacial score (nSPS) is 21.1. The van der Waals surface area contributed by atoms with Crippen molar-refractivity contribution in [1.29, 1.82) is 0 Å². The number of hydrogen-bond donors (Lipinski definition) is 5. The number of aliphatic imine (C=N–C) groups is 1. The van der Waals surface area contributed by atoms with Crippen LogP contribution in [0.3, 0.4) is 0 Å². The van der Waals surface area contributed by atoms with Gasteiger partial charge in [-0.2, -0.15) is 5.10 Å². The van der Waals surface area contributed by atoms with Gasteiger partial charge in [-0.05, 0) is 71.3 Å². The van der Waals surface area contributed by atoms with Gasteiger partial charge in [-0.3, -0.25) is 24.3 Å². The predicted octanol–water partition coefficient (Wildman–Crippen LogP) is 4.66. The number of fused-ring (bicyclic) bond motifs is 3. The number of anilines is 2. The highest BCUT2D eigenvalue weighted by atomic mass is 16.5. The third-order valence-electron chi connectivity index (χ3n) is 11.1. The Kier molecular flexibility index (Phi) is 16.0. The van der Waals surface area contributed by atoms with E-state index in [1.54, 1.807) is 19.2 Å². The zero-order valence-corrected chi connectivity index (χ0v) is 35.0. The highest BCUT2D eigenvalue weighted by Crippen LogP contribution is 2.49. The lowest BCUT2D eigenvalue weighted by Gasteiger charge is -2.43. The molecule has 7 N–H and O–H groups in total. The van der Waals surface area contributed by atoms with E-state index < -0.39 is 0 Å². The fourth-order valence-electron chi connectivity index (χ4n) is 6.99. The number of rotatable bonds is 11. The molecule has 314 valence electrons. The highest BCUT2D eigenvalue weighted by Gasteiger charge is 2.38. The molecule has 5 heterocycles. The minimum Gasteiger partial charge on any atom is -0.513 e. The number of likely N-dealkylation sites (N-methyl/N-ethyl adjacent to an activating group) is 1. The lowest BCUT2D eigenvalue weighted by atomic mass is 9.91. The average molecular weight is 798 g/mol. The highest BCUT2D eigenvalue weighted by molar-refractivity contribution is 5.95. The number of nitrogens with zero attached hydrogens (tertiary/aromatic N) is 7. The summed E-state index contributed by atoms with van der Waals surface area (Å²) in [6.45, 7) is 9.66. The average Bonchev–Trinajstić information content (AvgIpc) is 4.18. The Hall–Kier alpha value is -5.09. The number of amidine groups is 1. The van der Waals surface area contributed by atoms with E-state index in [0.717, 1.165) is 105 Å². The van der Waals surface area contributed by atoms with Crippen LogP contribution in [0.2, 0.25) is 0 Å². The van der Waals surface area contributed by atoms with Gasteiger partial charge in [-0.1, -0.05) is 25.1 Å². The lowest BCUT2D eigenvalue weighted by molar-refractivity contribution is -0.108. The number of nitrogens with two attached hydrogens (primary N) is 2. The number of ether oxygens (including phenoxy) is 1. The molecule has 15 nitrogen and oxygen atoms in total. The number of para-hydroxylation sites is 1. The van der Waals surface area contributed by atoms with Gasteiger partial charge in [-0.15, -0.1) is 0 Å². The molecule has 0 amide bonds. The molecular formula is C43H63N11O4. The molecular weight excluding hydrogens is 735 g/mol. The maximum absolute atomic E-state index is 11.1. The summed E-state index contributed by atoms with van der Waals surface area (Å²) in [5, 5.41) is 21.0. The molecule has 0 radical (unpaired) electrons. The SMILES string of the molecule is CC1COCCN1C.CCC1c2c(cnn2C2CN(Cc3cccc(C=O)n3)C2)-c2cccc(NC(=C/C(N)=NC)/C(N)=C\O)c2N1C.CNC1CC1.O=CC1CC1. The Bertz CT molecular complexity index is 1900. The molecule has 8 rings (SSSR count). The lowest BCUT2D eigenvalue weighted by Crippen LogP contribution is -2.48. The molecule has 58 heavy (non-hydrogen) atoms. The summed E-state index contributed by atoms with van der Waals surface area (Å²) in [4.78, 5) is 36.0. The Balaban J connectivity index is 0.000000289. The van der Waals surface area contributed by atoms with Gasteiger partial charge in [0.1, 0.15) is 24.1 Å².